The Labute approximate surface area is 243 Å². The third-order valence-corrected chi connectivity index (χ3v) is 7.26. The fourth-order valence-electron chi connectivity index (χ4n) is 5.22. The Morgan fingerprint density at radius 1 is 1.12 bits per heavy atom. The second kappa shape index (κ2) is 12.4. The molecule has 9 nitrogen and oxygen atoms in total. The van der Waals surface area contributed by atoms with Crippen LogP contribution in [0.3, 0.4) is 0 Å². The second-order valence-corrected chi connectivity index (χ2v) is 12.1. The van der Waals surface area contributed by atoms with Gasteiger partial charge in [-0.1, -0.05) is 43.3 Å². The highest BCUT2D eigenvalue weighted by Crippen LogP contribution is 2.22. The number of carbonyl (C=O) groups is 2. The summed E-state index contributed by atoms with van der Waals surface area (Å²) >= 11 is 0. The Morgan fingerprint density at radius 2 is 1.83 bits per heavy atom. The molecule has 0 radical (unpaired) electrons. The fraction of sp³-hybridized carbons (Fsp3) is 0.500. The predicted octanol–water partition coefficient (Wildman–Crippen LogP) is 4.52. The fourth-order valence-corrected chi connectivity index (χ4v) is 5.22. The number of piperazine rings is 1. The van der Waals surface area contributed by atoms with E-state index in [0.717, 1.165) is 41.1 Å². The van der Waals surface area contributed by atoms with Crippen molar-refractivity contribution in [1.29, 1.82) is 0 Å². The summed E-state index contributed by atoms with van der Waals surface area (Å²) in [6.45, 7) is 14.0. The van der Waals surface area contributed by atoms with E-state index in [2.05, 4.69) is 61.2 Å². The van der Waals surface area contributed by atoms with Crippen LogP contribution in [0.25, 0.3) is 11.7 Å². The summed E-state index contributed by atoms with van der Waals surface area (Å²) in [6, 6.07) is 10.1. The number of rotatable bonds is 7. The van der Waals surface area contributed by atoms with Crippen molar-refractivity contribution >= 4 is 23.7 Å². The molecule has 0 aliphatic carbocycles. The maximum Gasteiger partial charge on any atom is 0.411 e. The Balaban J connectivity index is 1.40. The zero-order valence-electron chi connectivity index (χ0n) is 25.8. The van der Waals surface area contributed by atoms with Crippen LogP contribution in [0.1, 0.15) is 61.5 Å². The molecule has 1 saturated heterocycles. The Kier molecular flexibility index (Phi) is 9.17. The number of ether oxygens (including phenoxy) is 1. The Hall–Kier alpha value is -3.72. The molecular formula is C32H44N6O3. The van der Waals surface area contributed by atoms with E-state index in [1.807, 2.05) is 32.2 Å². The molecule has 1 fully saturated rings. The van der Waals surface area contributed by atoms with Crippen molar-refractivity contribution in [3.8, 4) is 0 Å². The summed E-state index contributed by atoms with van der Waals surface area (Å²) in [7, 11) is 3.44. The van der Waals surface area contributed by atoms with Gasteiger partial charge in [-0.25, -0.2) is 14.3 Å². The number of fused-ring (bicyclic) bond motifs is 1. The second-order valence-electron chi connectivity index (χ2n) is 12.1. The summed E-state index contributed by atoms with van der Waals surface area (Å²) in [5.74, 6) is -0.0990. The zero-order chi connectivity index (χ0) is 29.9. The van der Waals surface area contributed by atoms with Gasteiger partial charge in [0.2, 0.25) is 5.91 Å². The first-order valence-electron chi connectivity index (χ1n) is 14.4. The highest BCUT2D eigenvalue weighted by Gasteiger charge is 2.38. The van der Waals surface area contributed by atoms with Crippen LogP contribution >= 0.6 is 0 Å². The SMILES string of the molecule is CCc1nn2c(C)cc(C)nc2c1Cc1ccc(C=CCN2CCN(C(=O)OC(C)(C)C)[C@@H](C(=O)N(C)C)C2)cc1. The summed E-state index contributed by atoms with van der Waals surface area (Å²) in [5, 5.41) is 4.81. The monoisotopic (exact) mass is 560 g/mol. The largest absolute Gasteiger partial charge is 0.444 e. The van der Waals surface area contributed by atoms with Gasteiger partial charge in [0.05, 0.1) is 5.69 Å². The van der Waals surface area contributed by atoms with Crippen LogP contribution in [0.2, 0.25) is 0 Å². The van der Waals surface area contributed by atoms with Crippen molar-refractivity contribution in [2.75, 3.05) is 40.3 Å². The van der Waals surface area contributed by atoms with Gasteiger partial charge < -0.3 is 9.64 Å². The van der Waals surface area contributed by atoms with E-state index in [1.165, 1.54) is 16.0 Å². The van der Waals surface area contributed by atoms with Crippen LogP contribution in [-0.4, -0.2) is 93.2 Å². The molecule has 1 aliphatic rings. The first kappa shape index (κ1) is 30.2. The molecule has 2 amide bonds. The van der Waals surface area contributed by atoms with E-state index in [-0.39, 0.29) is 5.91 Å². The van der Waals surface area contributed by atoms with E-state index in [9.17, 15) is 9.59 Å². The zero-order valence-corrected chi connectivity index (χ0v) is 25.8. The van der Waals surface area contributed by atoms with Gasteiger partial charge in [0.15, 0.2) is 5.65 Å². The first-order valence-corrected chi connectivity index (χ1v) is 14.4. The van der Waals surface area contributed by atoms with Gasteiger partial charge in [0, 0.05) is 63.6 Å². The van der Waals surface area contributed by atoms with Gasteiger partial charge >= 0.3 is 6.09 Å². The number of benzene rings is 1. The minimum atomic E-state index is -0.613. The van der Waals surface area contributed by atoms with E-state index in [1.54, 1.807) is 19.0 Å². The van der Waals surface area contributed by atoms with Gasteiger partial charge in [-0.3, -0.25) is 14.6 Å². The average Bonchev–Trinajstić information content (AvgIpc) is 3.25. The quantitative estimate of drug-likeness (QED) is 0.423. The highest BCUT2D eigenvalue weighted by molar-refractivity contribution is 5.86. The van der Waals surface area contributed by atoms with Crippen LogP contribution in [-0.2, 0) is 22.4 Å². The predicted molar refractivity (Wildman–Crippen MR) is 162 cm³/mol. The molecule has 1 aromatic carbocycles. The minimum Gasteiger partial charge on any atom is -0.444 e. The number of hydrogen-bond acceptors (Lipinski definition) is 6. The molecule has 41 heavy (non-hydrogen) atoms. The molecule has 0 bridgehead atoms. The van der Waals surface area contributed by atoms with Crippen molar-refractivity contribution in [1.82, 2.24) is 29.3 Å². The van der Waals surface area contributed by atoms with Crippen LogP contribution < -0.4 is 0 Å². The van der Waals surface area contributed by atoms with Crippen LogP contribution in [0.5, 0.6) is 0 Å². The molecule has 4 rings (SSSR count). The molecule has 2 aromatic heterocycles. The van der Waals surface area contributed by atoms with E-state index >= 15 is 0 Å². The lowest BCUT2D eigenvalue weighted by Gasteiger charge is -2.41. The standard InChI is InChI=1S/C32H44N6O3/c1-9-27-26(29-33-22(2)19-23(3)38(29)34-27)20-25-14-12-24(13-15-25)11-10-16-36-17-18-37(31(40)41-32(4,5)6)28(21-36)30(39)35(7)8/h10-15,19,28H,9,16-18,20-21H2,1-8H3/t28-/m1/s1. The molecule has 9 heteroatoms. The molecule has 0 N–H and O–H groups in total. The van der Waals surface area contributed by atoms with Gasteiger partial charge in [-0.05, 0) is 58.2 Å². The van der Waals surface area contributed by atoms with Crippen LogP contribution in [0.4, 0.5) is 4.79 Å². The van der Waals surface area contributed by atoms with E-state index < -0.39 is 17.7 Å². The molecule has 0 unspecified atom stereocenters. The normalized spacial score (nSPS) is 16.5. The minimum absolute atomic E-state index is 0.0990. The summed E-state index contributed by atoms with van der Waals surface area (Å²) in [6.07, 6.45) is 5.43. The van der Waals surface area contributed by atoms with Crippen molar-refractivity contribution < 1.29 is 14.3 Å². The maximum atomic E-state index is 12.9. The number of nitrogens with zero attached hydrogens (tertiary/aromatic N) is 6. The first-order chi connectivity index (χ1) is 19.4. The van der Waals surface area contributed by atoms with Gasteiger partial charge in [-0.15, -0.1) is 0 Å². The lowest BCUT2D eigenvalue weighted by atomic mass is 10.0. The topological polar surface area (TPSA) is 83.3 Å². The smallest absolute Gasteiger partial charge is 0.411 e. The lowest BCUT2D eigenvalue weighted by Crippen LogP contribution is -2.60. The van der Waals surface area contributed by atoms with Crippen molar-refractivity contribution in [2.24, 2.45) is 0 Å². The molecular weight excluding hydrogens is 516 g/mol. The summed E-state index contributed by atoms with van der Waals surface area (Å²) in [4.78, 5) is 35.8. The number of likely N-dealkylation sites (N-methyl/N-ethyl adjacent to an activating group) is 1. The van der Waals surface area contributed by atoms with Crippen molar-refractivity contribution in [3.63, 3.8) is 0 Å². The number of amides is 2. The van der Waals surface area contributed by atoms with Crippen LogP contribution in [0.15, 0.2) is 36.4 Å². The lowest BCUT2D eigenvalue weighted by molar-refractivity contribution is -0.136. The number of hydrogen-bond donors (Lipinski definition) is 0. The third kappa shape index (κ3) is 7.33. The van der Waals surface area contributed by atoms with Crippen molar-refractivity contribution in [2.45, 2.75) is 66.0 Å². The summed E-state index contributed by atoms with van der Waals surface area (Å²) in [5.41, 5.74) is 7.04. The molecule has 3 aromatic rings. The molecule has 3 heterocycles. The third-order valence-electron chi connectivity index (χ3n) is 7.26. The molecule has 1 aliphatic heterocycles. The molecule has 0 saturated carbocycles. The molecule has 220 valence electrons. The average molecular weight is 561 g/mol. The Morgan fingerprint density at radius 3 is 2.46 bits per heavy atom. The van der Waals surface area contributed by atoms with Gasteiger partial charge in [0.1, 0.15) is 11.6 Å². The molecule has 1 atom stereocenters. The van der Waals surface area contributed by atoms with Crippen LogP contribution in [0, 0.1) is 13.8 Å². The molecule has 0 spiro atoms. The van der Waals surface area contributed by atoms with Gasteiger partial charge in [-0.2, -0.15) is 5.10 Å². The van der Waals surface area contributed by atoms with Gasteiger partial charge in [0.25, 0.3) is 0 Å². The van der Waals surface area contributed by atoms with E-state index in [0.29, 0.717) is 26.2 Å². The van der Waals surface area contributed by atoms with E-state index in [4.69, 9.17) is 14.8 Å². The number of aryl methyl sites for hydroxylation is 3. The number of aromatic nitrogens is 3. The van der Waals surface area contributed by atoms with Crippen molar-refractivity contribution in [3.05, 3.63) is 70.2 Å². The Bertz CT molecular complexity index is 1420. The highest BCUT2D eigenvalue weighted by atomic mass is 16.6. The number of carbonyl (C=O) groups excluding carboxylic acids is 2. The summed E-state index contributed by atoms with van der Waals surface area (Å²) < 4.78 is 7.53. The maximum absolute atomic E-state index is 12.9.